The molecule has 2 unspecified atom stereocenters. The van der Waals surface area contributed by atoms with Gasteiger partial charge in [0.1, 0.15) is 5.60 Å². The quantitative estimate of drug-likeness (QED) is 0.848. The second kappa shape index (κ2) is 7.92. The zero-order valence-electron chi connectivity index (χ0n) is 13.3. The summed E-state index contributed by atoms with van der Waals surface area (Å²) in [5, 5.41) is 0. The van der Waals surface area contributed by atoms with Gasteiger partial charge in [0.25, 0.3) is 0 Å². The average Bonchev–Trinajstić information content (AvgIpc) is 2.37. The molecule has 124 valence electrons. The van der Waals surface area contributed by atoms with Crippen LogP contribution in [0.15, 0.2) is 0 Å². The number of carbonyl (C=O) groups is 1. The van der Waals surface area contributed by atoms with Crippen molar-refractivity contribution >= 4 is 6.09 Å². The molecular formula is C15H28F2N2O2. The largest absolute Gasteiger partial charge is 0.444 e. The van der Waals surface area contributed by atoms with Crippen molar-refractivity contribution < 1.29 is 18.3 Å². The van der Waals surface area contributed by atoms with Gasteiger partial charge in [-0.05, 0) is 52.4 Å². The molecule has 1 saturated heterocycles. The molecule has 0 aromatic rings. The smallest absolute Gasteiger partial charge is 0.410 e. The maximum Gasteiger partial charge on any atom is 0.410 e. The molecule has 0 spiro atoms. The van der Waals surface area contributed by atoms with Gasteiger partial charge >= 0.3 is 6.09 Å². The standard InChI is InChI=1S/C15H28F2N2O2/c1-15(2,3)21-14(20)19-8-4-5-11(10-19)6-7-12(9-18)13(16)17/h11-13H,4-10,18H2,1-3H3. The summed E-state index contributed by atoms with van der Waals surface area (Å²) < 4.78 is 30.7. The summed E-state index contributed by atoms with van der Waals surface area (Å²) in [5.74, 6) is -0.471. The molecule has 2 N–H and O–H groups in total. The van der Waals surface area contributed by atoms with E-state index in [-0.39, 0.29) is 18.6 Å². The first-order valence-electron chi connectivity index (χ1n) is 7.69. The second-order valence-electron chi connectivity index (χ2n) is 6.84. The minimum absolute atomic E-state index is 0.0141. The van der Waals surface area contributed by atoms with E-state index in [2.05, 4.69) is 0 Å². The van der Waals surface area contributed by atoms with Gasteiger partial charge in [0.15, 0.2) is 0 Å². The van der Waals surface area contributed by atoms with E-state index >= 15 is 0 Å². The van der Waals surface area contributed by atoms with E-state index in [0.29, 0.717) is 25.9 Å². The first kappa shape index (κ1) is 18.1. The van der Waals surface area contributed by atoms with Crippen LogP contribution in [0.2, 0.25) is 0 Å². The SMILES string of the molecule is CC(C)(C)OC(=O)N1CCCC(CCC(CN)C(F)F)C1. The van der Waals surface area contributed by atoms with Gasteiger partial charge in [0, 0.05) is 25.6 Å². The molecule has 4 nitrogen and oxygen atoms in total. The van der Waals surface area contributed by atoms with Crippen molar-refractivity contribution in [3.63, 3.8) is 0 Å². The third kappa shape index (κ3) is 6.59. The zero-order chi connectivity index (χ0) is 16.0. The Morgan fingerprint density at radius 3 is 2.62 bits per heavy atom. The van der Waals surface area contributed by atoms with Crippen molar-refractivity contribution in [2.24, 2.45) is 17.6 Å². The maximum atomic E-state index is 12.7. The van der Waals surface area contributed by atoms with Crippen LogP contribution in [0.1, 0.15) is 46.5 Å². The predicted molar refractivity (Wildman–Crippen MR) is 78.3 cm³/mol. The van der Waals surface area contributed by atoms with Crippen LogP contribution in [-0.2, 0) is 4.74 Å². The number of amides is 1. The lowest BCUT2D eigenvalue weighted by atomic mass is 9.90. The second-order valence-corrected chi connectivity index (χ2v) is 6.84. The van der Waals surface area contributed by atoms with Crippen LogP contribution in [0.3, 0.4) is 0 Å². The third-order valence-electron chi connectivity index (χ3n) is 3.78. The monoisotopic (exact) mass is 306 g/mol. The van der Waals surface area contributed by atoms with Gasteiger partial charge in [-0.3, -0.25) is 0 Å². The number of nitrogens with two attached hydrogens (primary N) is 1. The summed E-state index contributed by atoms with van der Waals surface area (Å²) in [6.45, 7) is 6.79. The molecular weight excluding hydrogens is 278 g/mol. The van der Waals surface area contributed by atoms with Crippen molar-refractivity contribution in [2.75, 3.05) is 19.6 Å². The van der Waals surface area contributed by atoms with Crippen molar-refractivity contribution in [1.29, 1.82) is 0 Å². The highest BCUT2D eigenvalue weighted by Crippen LogP contribution is 2.26. The third-order valence-corrected chi connectivity index (χ3v) is 3.78. The number of rotatable bonds is 5. The van der Waals surface area contributed by atoms with Gasteiger partial charge in [-0.25, -0.2) is 13.6 Å². The predicted octanol–water partition coefficient (Wildman–Crippen LogP) is 3.25. The molecule has 2 atom stereocenters. The first-order chi connectivity index (χ1) is 9.73. The molecule has 1 rings (SSSR count). The van der Waals surface area contributed by atoms with Gasteiger partial charge in [-0.15, -0.1) is 0 Å². The Labute approximate surface area is 126 Å². The van der Waals surface area contributed by atoms with Crippen LogP contribution < -0.4 is 5.73 Å². The van der Waals surface area contributed by atoms with Crippen LogP contribution in [-0.4, -0.2) is 42.7 Å². The maximum absolute atomic E-state index is 12.7. The van der Waals surface area contributed by atoms with E-state index in [1.165, 1.54) is 0 Å². The molecule has 1 fully saturated rings. The van der Waals surface area contributed by atoms with Crippen molar-refractivity contribution in [2.45, 2.75) is 58.5 Å². The summed E-state index contributed by atoms with van der Waals surface area (Å²) in [4.78, 5) is 13.7. The summed E-state index contributed by atoms with van der Waals surface area (Å²) >= 11 is 0. The van der Waals surface area contributed by atoms with E-state index < -0.39 is 17.9 Å². The number of hydrogen-bond acceptors (Lipinski definition) is 3. The van der Waals surface area contributed by atoms with Gasteiger partial charge in [0.05, 0.1) is 0 Å². The number of piperidine rings is 1. The molecule has 0 aromatic heterocycles. The molecule has 1 heterocycles. The van der Waals surface area contributed by atoms with Crippen LogP contribution in [0.25, 0.3) is 0 Å². The van der Waals surface area contributed by atoms with Gasteiger partial charge < -0.3 is 15.4 Å². The van der Waals surface area contributed by atoms with Gasteiger partial charge in [-0.1, -0.05) is 0 Å². The minimum Gasteiger partial charge on any atom is -0.444 e. The molecule has 1 amide bonds. The van der Waals surface area contributed by atoms with Crippen molar-refractivity contribution in [3.05, 3.63) is 0 Å². The summed E-state index contributed by atoms with van der Waals surface area (Å²) in [5.41, 5.74) is 4.86. The van der Waals surface area contributed by atoms with Crippen molar-refractivity contribution in [1.82, 2.24) is 4.90 Å². The molecule has 0 saturated carbocycles. The number of nitrogens with zero attached hydrogens (tertiary/aromatic N) is 1. The van der Waals surface area contributed by atoms with E-state index in [1.54, 1.807) is 4.90 Å². The highest BCUT2D eigenvalue weighted by molar-refractivity contribution is 5.68. The molecule has 6 heteroatoms. The Morgan fingerprint density at radius 1 is 1.43 bits per heavy atom. The number of hydrogen-bond donors (Lipinski definition) is 1. The molecule has 0 aliphatic carbocycles. The molecule has 0 bridgehead atoms. The lowest BCUT2D eigenvalue weighted by Crippen LogP contribution is -2.43. The van der Waals surface area contributed by atoms with E-state index in [0.717, 1.165) is 12.8 Å². The Hall–Kier alpha value is -0.910. The minimum atomic E-state index is -2.36. The Balaban J connectivity index is 2.43. The fraction of sp³-hybridized carbons (Fsp3) is 0.933. The number of alkyl halides is 2. The van der Waals surface area contributed by atoms with Crippen LogP contribution in [0.4, 0.5) is 13.6 Å². The van der Waals surface area contributed by atoms with Crippen LogP contribution in [0, 0.1) is 11.8 Å². The van der Waals surface area contributed by atoms with Crippen LogP contribution >= 0.6 is 0 Å². The van der Waals surface area contributed by atoms with E-state index in [4.69, 9.17) is 10.5 Å². The molecule has 0 radical (unpaired) electrons. The molecule has 1 aliphatic heterocycles. The van der Waals surface area contributed by atoms with Crippen molar-refractivity contribution in [3.8, 4) is 0 Å². The van der Waals surface area contributed by atoms with E-state index in [9.17, 15) is 13.6 Å². The Morgan fingerprint density at radius 2 is 2.10 bits per heavy atom. The summed E-state index contributed by atoms with van der Waals surface area (Å²) in [6.07, 6.45) is 0.301. The number of likely N-dealkylation sites (tertiary alicyclic amines) is 1. The molecule has 0 aromatic carbocycles. The zero-order valence-corrected chi connectivity index (χ0v) is 13.3. The summed E-state index contributed by atoms with van der Waals surface area (Å²) in [7, 11) is 0. The number of ether oxygens (including phenoxy) is 1. The highest BCUT2D eigenvalue weighted by atomic mass is 19.3. The topological polar surface area (TPSA) is 55.6 Å². The highest BCUT2D eigenvalue weighted by Gasteiger charge is 2.28. The lowest BCUT2D eigenvalue weighted by molar-refractivity contribution is 0.0146. The Bertz CT molecular complexity index is 332. The van der Waals surface area contributed by atoms with Gasteiger partial charge in [0.2, 0.25) is 6.43 Å². The Kier molecular flexibility index (Phi) is 6.84. The fourth-order valence-electron chi connectivity index (χ4n) is 2.59. The first-order valence-corrected chi connectivity index (χ1v) is 7.69. The average molecular weight is 306 g/mol. The fourth-order valence-corrected chi connectivity index (χ4v) is 2.59. The number of carbonyl (C=O) groups excluding carboxylic acids is 1. The lowest BCUT2D eigenvalue weighted by Gasteiger charge is -2.34. The summed E-state index contributed by atoms with van der Waals surface area (Å²) in [6, 6.07) is 0. The van der Waals surface area contributed by atoms with Crippen LogP contribution in [0.5, 0.6) is 0 Å². The molecule has 21 heavy (non-hydrogen) atoms. The molecule has 1 aliphatic rings. The normalized spacial score (nSPS) is 21.5. The van der Waals surface area contributed by atoms with Gasteiger partial charge in [-0.2, -0.15) is 0 Å². The van der Waals surface area contributed by atoms with E-state index in [1.807, 2.05) is 20.8 Å². The number of halogens is 2.